The van der Waals surface area contributed by atoms with Gasteiger partial charge < -0.3 is 41.0 Å². The monoisotopic (exact) mass is 1110 g/mol. The smallest absolute Gasteiger partial charge is 0.239 e. The maximum absolute atomic E-state index is 12.5. The third-order valence-corrected chi connectivity index (χ3v) is 12.3. The first-order valence-corrected chi connectivity index (χ1v) is 26.6. The fourth-order valence-electron chi connectivity index (χ4n) is 7.93. The molecule has 0 aliphatic carbocycles. The van der Waals surface area contributed by atoms with Gasteiger partial charge in [-0.05, 0) is 134 Å². The molecular formula is C63H90N12O4S. The van der Waals surface area contributed by atoms with Crippen molar-refractivity contribution in [3.05, 3.63) is 133 Å². The minimum Gasteiger partial charge on any atom is -0.457 e. The molecule has 0 fully saturated rings. The average Bonchev–Trinajstić information content (AvgIpc) is 3.69. The van der Waals surface area contributed by atoms with Crippen molar-refractivity contribution in [3.8, 4) is 23.0 Å². The van der Waals surface area contributed by atoms with Crippen LogP contribution in [0.3, 0.4) is 0 Å². The number of fused-ring (bicyclic) bond motifs is 1. The molecule has 16 nitrogen and oxygen atoms in total. The molecule has 0 unspecified atom stereocenters. The van der Waals surface area contributed by atoms with Gasteiger partial charge in [-0.1, -0.05) is 116 Å². The summed E-state index contributed by atoms with van der Waals surface area (Å²) in [6.45, 7) is 25.6. The molecule has 0 atom stereocenters. The van der Waals surface area contributed by atoms with E-state index in [0.29, 0.717) is 53.4 Å². The van der Waals surface area contributed by atoms with Crippen LogP contribution in [0.2, 0.25) is 0 Å². The molecule has 0 saturated carbocycles. The van der Waals surface area contributed by atoms with Gasteiger partial charge in [0.1, 0.15) is 34.6 Å². The molecule has 0 saturated heterocycles. The van der Waals surface area contributed by atoms with Crippen LogP contribution in [0.25, 0.3) is 11.0 Å². The molecule has 17 heteroatoms. The number of nitrogen functional groups attached to an aromatic ring is 1. The quantitative estimate of drug-likeness (QED) is 0.0276. The van der Waals surface area contributed by atoms with Gasteiger partial charge in [-0.25, -0.2) is 15.0 Å². The van der Waals surface area contributed by atoms with E-state index >= 15 is 0 Å². The lowest BCUT2D eigenvalue weighted by molar-refractivity contribution is -0.118. The number of hydrogen-bond donors (Lipinski definition) is 5. The number of thiocarbonyl (C=S) groups is 1. The van der Waals surface area contributed by atoms with E-state index in [1.165, 1.54) is 11.1 Å². The Labute approximate surface area is 483 Å². The normalized spacial score (nSPS) is 10.7. The van der Waals surface area contributed by atoms with Crippen LogP contribution in [-0.4, -0.2) is 92.6 Å². The topological polar surface area (TPSA) is 189 Å². The fraction of sp³-hybridized carbons (Fsp3) is 0.397. The number of rotatable bonds is 20. The van der Waals surface area contributed by atoms with Crippen molar-refractivity contribution in [2.24, 2.45) is 12.0 Å². The maximum atomic E-state index is 12.5. The van der Waals surface area contributed by atoms with Gasteiger partial charge in [0.2, 0.25) is 17.8 Å². The maximum Gasteiger partial charge on any atom is 0.239 e. The Balaban J connectivity index is 0.000000451. The number of hydrogen-bond acceptors (Lipinski definition) is 14. The number of nitrogens with one attached hydrogen (secondary N) is 4. The first kappa shape index (κ1) is 68.4. The summed E-state index contributed by atoms with van der Waals surface area (Å²) in [5, 5.41) is 14.5. The van der Waals surface area contributed by atoms with Gasteiger partial charge >= 0.3 is 0 Å². The standard InChI is InChI=1S/C30H38N6O2.C19H27N5O2.C11H13NS.3CH4/c1-7-16-36(8-2)20-28(37)34-27-19-24(14-15-31-27)38-23-12-13-26-25(18-23)33-29(35(26)6)32-22-11-9-10-21(17-22)30(3,4)5;1-4-10-24(5-2)13-19(25)23-18-12-15(8-9-22-18)26-14-6-7-17(21-3)16(20)11-14;1-11(2,3)9-5-4-6-10(7-9)12-8-13;;;/h9-15,17-19H,7-8,16,20H2,1-6H3,(H,32,33)(H,31,34,37);6-9,11-12,21H,4-5,10,13,20H2,1-3H3,(H,22,23,25);4-7H,1-3H3;3*1H4. The van der Waals surface area contributed by atoms with Crippen LogP contribution in [0.4, 0.5) is 40.3 Å². The Kier molecular flexibility index (Phi) is 28.2. The van der Waals surface area contributed by atoms with Gasteiger partial charge in [0.25, 0.3) is 0 Å². The first-order chi connectivity index (χ1) is 36.7. The van der Waals surface area contributed by atoms with Gasteiger partial charge in [0.05, 0.1) is 46.3 Å². The lowest BCUT2D eigenvalue weighted by atomic mass is 9.87. The minimum absolute atomic E-state index is 0. The van der Waals surface area contributed by atoms with Gasteiger partial charge in [-0.3, -0.25) is 19.4 Å². The van der Waals surface area contributed by atoms with Crippen molar-refractivity contribution in [1.29, 1.82) is 0 Å². The second kappa shape index (κ2) is 33.0. The van der Waals surface area contributed by atoms with Crippen molar-refractivity contribution in [2.45, 2.75) is 115 Å². The predicted octanol–water partition coefficient (Wildman–Crippen LogP) is 15.3. The molecule has 432 valence electrons. The molecule has 0 aliphatic rings. The van der Waals surface area contributed by atoms with E-state index in [1.54, 1.807) is 42.7 Å². The minimum atomic E-state index is -0.0902. The predicted molar refractivity (Wildman–Crippen MR) is 340 cm³/mol. The van der Waals surface area contributed by atoms with Crippen molar-refractivity contribution in [2.75, 3.05) is 73.3 Å². The Hall–Kier alpha value is -7.69. The van der Waals surface area contributed by atoms with Crippen LogP contribution in [0.1, 0.15) is 115 Å². The average molecular weight is 1110 g/mol. The molecule has 7 rings (SSSR count). The van der Waals surface area contributed by atoms with E-state index in [4.69, 9.17) is 20.2 Å². The van der Waals surface area contributed by atoms with Gasteiger partial charge in [-0.15, -0.1) is 0 Å². The molecule has 80 heavy (non-hydrogen) atoms. The van der Waals surface area contributed by atoms with Crippen molar-refractivity contribution in [3.63, 3.8) is 0 Å². The lowest BCUT2D eigenvalue weighted by Crippen LogP contribution is -2.33. The molecule has 6 N–H and O–H groups in total. The number of aliphatic imine (C=N–C) groups is 1. The van der Waals surface area contributed by atoms with Gasteiger partial charge in [0, 0.05) is 56.4 Å². The summed E-state index contributed by atoms with van der Waals surface area (Å²) in [6, 6.07) is 34.6. The lowest BCUT2D eigenvalue weighted by Gasteiger charge is -2.20. The number of carbonyl (C=O) groups is 2. The zero-order chi connectivity index (χ0) is 56.1. The largest absolute Gasteiger partial charge is 0.457 e. The molecule has 0 spiro atoms. The van der Waals surface area contributed by atoms with E-state index in [0.717, 1.165) is 73.1 Å². The number of aromatic nitrogens is 4. The van der Waals surface area contributed by atoms with Crippen molar-refractivity contribution in [1.82, 2.24) is 29.3 Å². The Morgan fingerprint density at radius 1 is 0.675 bits per heavy atom. The highest BCUT2D eigenvalue weighted by molar-refractivity contribution is 7.78. The molecule has 3 heterocycles. The zero-order valence-corrected chi connectivity index (χ0v) is 47.8. The molecule has 2 amide bonds. The summed E-state index contributed by atoms with van der Waals surface area (Å²) in [5.74, 6) is 3.92. The van der Waals surface area contributed by atoms with Crippen molar-refractivity contribution < 1.29 is 19.1 Å². The van der Waals surface area contributed by atoms with E-state index < -0.39 is 0 Å². The Morgan fingerprint density at radius 2 is 1.18 bits per heavy atom. The third kappa shape index (κ3) is 21.5. The number of nitrogens with two attached hydrogens (primary N) is 1. The van der Waals surface area contributed by atoms with Crippen LogP contribution in [0.5, 0.6) is 23.0 Å². The number of likely N-dealkylation sites (N-methyl/N-ethyl adjacent to an activating group) is 2. The van der Waals surface area contributed by atoms with Crippen LogP contribution in [0.15, 0.2) is 127 Å². The molecular weight excluding hydrogens is 1020 g/mol. The number of amides is 2. The van der Waals surface area contributed by atoms with Crippen LogP contribution < -0.4 is 36.5 Å². The molecule has 0 bridgehead atoms. The number of isothiocyanates is 1. The SMILES string of the molecule is C.C.C.CC(C)(C)c1cccc(N=C=S)c1.CCCN(CC)CC(=O)Nc1cc(Oc2ccc(NC)c(N)c2)ccn1.CCCN(CC)CC(=O)Nc1cc(Oc2ccc3c(c2)nc(Nc2cccc(C(C)(C)C)c2)n3C)ccn1. The highest BCUT2D eigenvalue weighted by atomic mass is 32.1. The zero-order valence-electron chi connectivity index (χ0n) is 47.0. The molecule has 0 radical (unpaired) electrons. The number of nitrogens with zero attached hydrogens (tertiary/aromatic N) is 7. The molecule has 7 aromatic rings. The number of aryl methyl sites for hydroxylation is 1. The molecule has 4 aromatic carbocycles. The summed E-state index contributed by atoms with van der Waals surface area (Å²) < 4.78 is 13.9. The summed E-state index contributed by atoms with van der Waals surface area (Å²) in [6.07, 6.45) is 5.24. The number of anilines is 6. The van der Waals surface area contributed by atoms with E-state index in [9.17, 15) is 9.59 Å². The number of benzene rings is 4. The van der Waals surface area contributed by atoms with Crippen LogP contribution in [-0.2, 0) is 27.5 Å². The van der Waals surface area contributed by atoms with Gasteiger partial charge in [0.15, 0.2) is 0 Å². The Bertz CT molecular complexity index is 3090. The second-order valence-electron chi connectivity index (χ2n) is 20.4. The summed E-state index contributed by atoms with van der Waals surface area (Å²) in [4.78, 5) is 46.0. The van der Waals surface area contributed by atoms with Crippen molar-refractivity contribution >= 4 is 80.6 Å². The summed E-state index contributed by atoms with van der Waals surface area (Å²) in [7, 11) is 3.80. The third-order valence-electron chi connectivity index (χ3n) is 12.2. The van der Waals surface area contributed by atoms with Crippen LogP contribution in [0, 0.1) is 0 Å². The molecule has 0 aliphatic heterocycles. The second-order valence-corrected chi connectivity index (χ2v) is 20.6. The highest BCUT2D eigenvalue weighted by Gasteiger charge is 2.17. The number of ether oxygens (including phenoxy) is 2. The molecule has 3 aromatic heterocycles. The fourth-order valence-corrected chi connectivity index (χ4v) is 8.04. The van der Waals surface area contributed by atoms with E-state index in [2.05, 4.69) is 150 Å². The first-order valence-electron chi connectivity index (χ1n) is 26.2. The summed E-state index contributed by atoms with van der Waals surface area (Å²) >= 11 is 4.55. The number of carbonyl (C=O) groups excluding carboxylic acids is 2. The van der Waals surface area contributed by atoms with E-state index in [-0.39, 0.29) is 44.9 Å². The summed E-state index contributed by atoms with van der Waals surface area (Å²) in [5.41, 5.74) is 13.8. The van der Waals surface area contributed by atoms with Gasteiger partial charge in [-0.2, -0.15) is 4.99 Å². The Morgan fingerprint density at radius 3 is 1.66 bits per heavy atom. The number of imidazole rings is 1. The highest BCUT2D eigenvalue weighted by Crippen LogP contribution is 2.32. The number of pyridine rings is 2. The van der Waals surface area contributed by atoms with Crippen LogP contribution >= 0.6 is 12.2 Å². The van der Waals surface area contributed by atoms with E-state index in [1.807, 2.05) is 80.2 Å².